The summed E-state index contributed by atoms with van der Waals surface area (Å²) in [6.45, 7) is 4.37. The minimum Gasteiger partial charge on any atom is -0.123 e. The van der Waals surface area contributed by atoms with E-state index < -0.39 is 0 Å². The molecule has 0 fully saturated rings. The second-order valence-corrected chi connectivity index (χ2v) is 3.63. The van der Waals surface area contributed by atoms with Crippen LogP contribution < -0.4 is 0 Å². The van der Waals surface area contributed by atoms with Crippen molar-refractivity contribution in [3.63, 3.8) is 0 Å². The van der Waals surface area contributed by atoms with Crippen molar-refractivity contribution in [1.82, 2.24) is 0 Å². The molecule has 0 spiro atoms. The Kier molecular flexibility index (Phi) is 8.61. The van der Waals surface area contributed by atoms with Crippen molar-refractivity contribution in [3.8, 4) is 0 Å². The van der Waals surface area contributed by atoms with E-state index in [0.29, 0.717) is 5.38 Å². The highest BCUT2D eigenvalue weighted by molar-refractivity contribution is 6.20. The normalized spacial score (nSPS) is 13.4. The third kappa shape index (κ3) is 8.19. The Labute approximate surface area is 76.3 Å². The van der Waals surface area contributed by atoms with Crippen LogP contribution in [0.15, 0.2) is 0 Å². The number of hydrogen-bond acceptors (Lipinski definition) is 0. The van der Waals surface area contributed by atoms with E-state index in [2.05, 4.69) is 20.3 Å². The number of alkyl halides is 1. The lowest BCUT2D eigenvalue weighted by molar-refractivity contribution is 0.679. The van der Waals surface area contributed by atoms with E-state index in [-0.39, 0.29) is 0 Å². The van der Waals surface area contributed by atoms with E-state index in [9.17, 15) is 0 Å². The maximum Gasteiger partial charge on any atom is 0.0333 e. The van der Waals surface area contributed by atoms with Gasteiger partial charge in [-0.25, -0.2) is 0 Å². The molecule has 0 bridgehead atoms. The Morgan fingerprint density at radius 2 is 2.00 bits per heavy atom. The summed E-state index contributed by atoms with van der Waals surface area (Å²) in [5, 5.41) is 0.396. The van der Waals surface area contributed by atoms with Gasteiger partial charge in [0.1, 0.15) is 0 Å². The van der Waals surface area contributed by atoms with Crippen molar-refractivity contribution in [2.45, 2.75) is 57.7 Å². The van der Waals surface area contributed by atoms with Gasteiger partial charge in [0.25, 0.3) is 0 Å². The highest BCUT2D eigenvalue weighted by Gasteiger charge is 1.99. The average Bonchev–Trinajstić information content (AvgIpc) is 2.04. The molecule has 1 heteroatoms. The molecule has 1 atom stereocenters. The lowest BCUT2D eigenvalue weighted by atomic mass is 10.1. The second kappa shape index (κ2) is 8.39. The quantitative estimate of drug-likeness (QED) is 0.402. The van der Waals surface area contributed by atoms with E-state index in [1.807, 2.05) is 0 Å². The fourth-order valence-electron chi connectivity index (χ4n) is 0.996. The standard InChI is InChI=1S/C10H20Cl/c1-3-5-6-7-8-9-10(11)4-2/h7,10H,3-6,8-9H2,1-2H3. The van der Waals surface area contributed by atoms with Crippen molar-refractivity contribution < 1.29 is 0 Å². The molecule has 0 saturated heterocycles. The summed E-state index contributed by atoms with van der Waals surface area (Å²) in [6.07, 6.45) is 9.72. The van der Waals surface area contributed by atoms with Crippen LogP contribution in [0.3, 0.4) is 0 Å². The number of rotatable bonds is 7. The molecule has 67 valence electrons. The predicted molar refractivity (Wildman–Crippen MR) is 53.0 cm³/mol. The fraction of sp³-hybridized carbons (Fsp3) is 0.900. The maximum absolute atomic E-state index is 5.96. The number of hydrogen-bond donors (Lipinski definition) is 0. The molecule has 0 aliphatic heterocycles. The van der Waals surface area contributed by atoms with Crippen LogP contribution in [0.1, 0.15) is 52.4 Å². The van der Waals surface area contributed by atoms with Crippen molar-refractivity contribution in [2.75, 3.05) is 0 Å². The Morgan fingerprint density at radius 1 is 1.27 bits per heavy atom. The molecule has 0 N–H and O–H groups in total. The van der Waals surface area contributed by atoms with E-state index >= 15 is 0 Å². The van der Waals surface area contributed by atoms with Crippen LogP contribution in [0.25, 0.3) is 0 Å². The smallest absolute Gasteiger partial charge is 0.0333 e. The molecule has 0 amide bonds. The predicted octanol–water partition coefficient (Wildman–Crippen LogP) is 4.18. The lowest BCUT2D eigenvalue weighted by Gasteiger charge is -2.04. The molecule has 0 aromatic rings. The van der Waals surface area contributed by atoms with Gasteiger partial charge in [0.2, 0.25) is 0 Å². The molecule has 0 aliphatic carbocycles. The third-order valence-electron chi connectivity index (χ3n) is 1.89. The summed E-state index contributed by atoms with van der Waals surface area (Å²) in [7, 11) is 0. The number of unbranched alkanes of at least 4 members (excludes halogenated alkanes) is 4. The molecule has 0 aromatic carbocycles. The fourth-order valence-corrected chi connectivity index (χ4v) is 1.12. The van der Waals surface area contributed by atoms with Crippen LogP contribution in [0, 0.1) is 6.42 Å². The Bertz CT molecular complexity index is 71.3. The van der Waals surface area contributed by atoms with Gasteiger partial charge in [-0.3, -0.25) is 0 Å². The van der Waals surface area contributed by atoms with Crippen molar-refractivity contribution in [2.24, 2.45) is 0 Å². The zero-order valence-electron chi connectivity index (χ0n) is 7.78. The van der Waals surface area contributed by atoms with Crippen LogP contribution in [0.2, 0.25) is 0 Å². The Hall–Kier alpha value is 0.290. The van der Waals surface area contributed by atoms with Gasteiger partial charge in [-0.05, 0) is 25.7 Å². The van der Waals surface area contributed by atoms with Gasteiger partial charge in [0.05, 0.1) is 0 Å². The zero-order valence-corrected chi connectivity index (χ0v) is 8.53. The zero-order chi connectivity index (χ0) is 8.53. The van der Waals surface area contributed by atoms with E-state index in [1.54, 1.807) is 0 Å². The molecule has 1 unspecified atom stereocenters. The summed E-state index contributed by atoms with van der Waals surface area (Å²) in [6, 6.07) is 0. The van der Waals surface area contributed by atoms with E-state index in [4.69, 9.17) is 11.6 Å². The van der Waals surface area contributed by atoms with Crippen molar-refractivity contribution in [3.05, 3.63) is 6.42 Å². The molecule has 11 heavy (non-hydrogen) atoms. The van der Waals surface area contributed by atoms with Gasteiger partial charge in [0.15, 0.2) is 0 Å². The van der Waals surface area contributed by atoms with Crippen LogP contribution in [-0.2, 0) is 0 Å². The molecule has 0 saturated carbocycles. The monoisotopic (exact) mass is 175 g/mol. The maximum atomic E-state index is 5.96. The highest BCUT2D eigenvalue weighted by Crippen LogP contribution is 2.12. The summed E-state index contributed by atoms with van der Waals surface area (Å²) < 4.78 is 0. The van der Waals surface area contributed by atoms with E-state index in [1.165, 1.54) is 25.7 Å². The molecule has 0 aliphatic rings. The van der Waals surface area contributed by atoms with Crippen molar-refractivity contribution >= 4 is 11.6 Å². The van der Waals surface area contributed by atoms with Crippen LogP contribution >= 0.6 is 11.6 Å². The van der Waals surface area contributed by atoms with Gasteiger partial charge in [-0.15, -0.1) is 11.6 Å². The first-order valence-corrected chi connectivity index (χ1v) is 5.20. The molecular weight excluding hydrogens is 156 g/mol. The first-order chi connectivity index (χ1) is 5.31. The molecule has 0 nitrogen and oxygen atoms in total. The minimum absolute atomic E-state index is 0.396. The van der Waals surface area contributed by atoms with E-state index in [0.717, 1.165) is 12.8 Å². The first-order valence-electron chi connectivity index (χ1n) is 4.77. The van der Waals surface area contributed by atoms with Crippen LogP contribution in [-0.4, -0.2) is 5.38 Å². The van der Waals surface area contributed by atoms with Gasteiger partial charge < -0.3 is 0 Å². The molecular formula is C10H20Cl. The lowest BCUT2D eigenvalue weighted by Crippen LogP contribution is -1.95. The molecule has 0 rings (SSSR count). The topological polar surface area (TPSA) is 0 Å². The summed E-state index contributed by atoms with van der Waals surface area (Å²) in [5.41, 5.74) is 0. The molecule has 0 heterocycles. The summed E-state index contributed by atoms with van der Waals surface area (Å²) in [4.78, 5) is 0. The molecule has 0 aromatic heterocycles. The van der Waals surface area contributed by atoms with Crippen LogP contribution in [0.4, 0.5) is 0 Å². The van der Waals surface area contributed by atoms with Crippen molar-refractivity contribution in [1.29, 1.82) is 0 Å². The average molecular weight is 176 g/mol. The van der Waals surface area contributed by atoms with Gasteiger partial charge in [0, 0.05) is 5.38 Å². The largest absolute Gasteiger partial charge is 0.123 e. The minimum atomic E-state index is 0.396. The Morgan fingerprint density at radius 3 is 2.55 bits per heavy atom. The molecule has 1 radical (unpaired) electrons. The first kappa shape index (κ1) is 11.3. The highest BCUT2D eigenvalue weighted by atomic mass is 35.5. The second-order valence-electron chi connectivity index (χ2n) is 3.01. The van der Waals surface area contributed by atoms with Gasteiger partial charge in [-0.2, -0.15) is 0 Å². The van der Waals surface area contributed by atoms with Gasteiger partial charge in [-0.1, -0.05) is 33.1 Å². The summed E-state index contributed by atoms with van der Waals surface area (Å²) in [5.74, 6) is 0. The Balaban J connectivity index is 2.89. The third-order valence-corrected chi connectivity index (χ3v) is 2.42. The summed E-state index contributed by atoms with van der Waals surface area (Å²) >= 11 is 5.96. The van der Waals surface area contributed by atoms with Crippen LogP contribution in [0.5, 0.6) is 0 Å². The SMILES string of the molecule is CCCC[CH]CCC(Cl)CC. The van der Waals surface area contributed by atoms with Gasteiger partial charge >= 0.3 is 0 Å². The number of halogens is 1.